The van der Waals surface area contributed by atoms with E-state index in [1.54, 1.807) is 36.4 Å². The van der Waals surface area contributed by atoms with E-state index in [0.717, 1.165) is 4.70 Å². The molecule has 0 unspecified atom stereocenters. The molecule has 0 fully saturated rings. The van der Waals surface area contributed by atoms with Crippen LogP contribution in [0.25, 0.3) is 21.0 Å². The number of hydrogen-bond donors (Lipinski definition) is 2. The van der Waals surface area contributed by atoms with Crippen LogP contribution in [0, 0.1) is 5.82 Å². The highest BCUT2D eigenvalue weighted by Crippen LogP contribution is 2.26. The molecule has 0 saturated heterocycles. The number of carbonyl (C=O) groups excluding carboxylic acids is 1. The molecule has 1 amide bonds. The van der Waals surface area contributed by atoms with Crippen molar-refractivity contribution in [1.29, 1.82) is 0 Å². The summed E-state index contributed by atoms with van der Waals surface area (Å²) in [5, 5.41) is 1.18. The van der Waals surface area contributed by atoms with Crippen molar-refractivity contribution >= 4 is 44.2 Å². The number of hydrogen-bond acceptors (Lipinski definition) is 5. The Kier molecular flexibility index (Phi) is 4.33. The van der Waals surface area contributed by atoms with E-state index in [4.69, 9.17) is 0 Å². The van der Waals surface area contributed by atoms with Gasteiger partial charge in [0.1, 0.15) is 5.82 Å². The van der Waals surface area contributed by atoms with Crippen LogP contribution in [0.15, 0.2) is 53.3 Å². The number of aromatic nitrogens is 2. The topological polar surface area (TPSA) is 76.0 Å². The Morgan fingerprint density at radius 1 is 1.22 bits per heavy atom. The van der Waals surface area contributed by atoms with Crippen LogP contribution in [0.3, 0.4) is 0 Å². The maximum Gasteiger partial charge on any atom is 0.279 e. The maximum absolute atomic E-state index is 13.3. The predicted molar refractivity (Wildman–Crippen MR) is 105 cm³/mol. The van der Waals surface area contributed by atoms with Crippen LogP contribution in [0.1, 0.15) is 16.6 Å². The third-order valence-corrected chi connectivity index (χ3v) is 5.28. The van der Waals surface area contributed by atoms with E-state index in [1.165, 1.54) is 28.0 Å². The molecule has 0 spiro atoms. The summed E-state index contributed by atoms with van der Waals surface area (Å²) in [4.78, 5) is 29.9. The fraction of sp³-hybridized carbons (Fsp3) is 0.105. The van der Waals surface area contributed by atoms with Crippen LogP contribution in [0.2, 0.25) is 0 Å². The second-order valence-electron chi connectivity index (χ2n) is 5.87. The Morgan fingerprint density at radius 3 is 2.85 bits per heavy atom. The minimum absolute atomic E-state index is 0.183. The largest absolute Gasteiger partial charge is 0.279 e. The molecule has 2 aromatic carbocycles. The van der Waals surface area contributed by atoms with Gasteiger partial charge in [0.15, 0.2) is 0 Å². The summed E-state index contributed by atoms with van der Waals surface area (Å²) in [7, 11) is 0. The Hall–Kier alpha value is -3.26. The molecule has 4 rings (SSSR count). The first-order chi connectivity index (χ1) is 13.1. The van der Waals surface area contributed by atoms with Gasteiger partial charge in [0.25, 0.3) is 11.5 Å². The summed E-state index contributed by atoms with van der Waals surface area (Å²) in [6, 6.07) is 13.0. The van der Waals surface area contributed by atoms with E-state index >= 15 is 0 Å². The summed E-state index contributed by atoms with van der Waals surface area (Å²) in [6.07, 6.45) is 0. The third-order valence-electron chi connectivity index (χ3n) is 4.17. The molecule has 4 aromatic rings. The number of carbonyl (C=O) groups is 1. The number of hydrazine groups is 1. The molecule has 27 heavy (non-hydrogen) atoms. The lowest BCUT2D eigenvalue weighted by atomic mass is 10.2. The van der Waals surface area contributed by atoms with Crippen molar-refractivity contribution in [3.05, 3.63) is 69.6 Å². The highest BCUT2D eigenvalue weighted by molar-refractivity contribution is 7.20. The van der Waals surface area contributed by atoms with E-state index in [-0.39, 0.29) is 23.2 Å². The van der Waals surface area contributed by atoms with Gasteiger partial charge in [0.2, 0.25) is 5.95 Å². The average Bonchev–Trinajstić information content (AvgIpc) is 3.09. The number of anilines is 1. The third kappa shape index (κ3) is 3.15. The van der Waals surface area contributed by atoms with Gasteiger partial charge in [-0.1, -0.05) is 12.1 Å². The number of rotatable bonds is 4. The van der Waals surface area contributed by atoms with Crippen molar-refractivity contribution in [2.45, 2.75) is 13.5 Å². The molecule has 6 nitrogen and oxygen atoms in total. The van der Waals surface area contributed by atoms with Gasteiger partial charge < -0.3 is 0 Å². The number of halogens is 1. The van der Waals surface area contributed by atoms with E-state index in [9.17, 15) is 14.0 Å². The normalized spacial score (nSPS) is 11.0. The van der Waals surface area contributed by atoms with Gasteiger partial charge in [0, 0.05) is 11.2 Å². The molecule has 0 bridgehead atoms. The molecular formula is C19H15FN4O2S. The van der Waals surface area contributed by atoms with Gasteiger partial charge in [-0.3, -0.25) is 25.0 Å². The summed E-state index contributed by atoms with van der Waals surface area (Å²) in [5.41, 5.74) is 5.66. The Morgan fingerprint density at radius 2 is 2.04 bits per heavy atom. The van der Waals surface area contributed by atoms with Crippen LogP contribution in [0.4, 0.5) is 10.3 Å². The molecule has 0 radical (unpaired) electrons. The van der Waals surface area contributed by atoms with E-state index in [1.807, 2.05) is 6.92 Å². The Bertz CT molecular complexity index is 1230. The lowest BCUT2D eigenvalue weighted by Crippen LogP contribution is -2.34. The van der Waals surface area contributed by atoms with Crippen LogP contribution < -0.4 is 16.4 Å². The van der Waals surface area contributed by atoms with Crippen LogP contribution >= 0.6 is 11.3 Å². The minimum Gasteiger partial charge on any atom is -0.277 e. The Labute approximate surface area is 157 Å². The number of para-hydroxylation sites is 1. The van der Waals surface area contributed by atoms with E-state index < -0.39 is 0 Å². The van der Waals surface area contributed by atoms with Gasteiger partial charge in [-0.15, -0.1) is 11.3 Å². The van der Waals surface area contributed by atoms with Gasteiger partial charge in [-0.25, -0.2) is 9.37 Å². The highest BCUT2D eigenvalue weighted by Gasteiger charge is 2.13. The molecule has 2 N–H and O–H groups in total. The van der Waals surface area contributed by atoms with E-state index in [2.05, 4.69) is 15.8 Å². The van der Waals surface area contributed by atoms with Crippen molar-refractivity contribution in [2.75, 3.05) is 5.43 Å². The smallest absolute Gasteiger partial charge is 0.277 e. The number of thiophene rings is 1. The van der Waals surface area contributed by atoms with E-state index in [0.29, 0.717) is 27.7 Å². The lowest BCUT2D eigenvalue weighted by Gasteiger charge is -2.13. The molecule has 0 aliphatic rings. The molecule has 2 heterocycles. The first-order valence-electron chi connectivity index (χ1n) is 8.32. The van der Waals surface area contributed by atoms with Crippen LogP contribution in [-0.2, 0) is 6.54 Å². The first-order valence-corrected chi connectivity index (χ1v) is 9.13. The zero-order valence-electron chi connectivity index (χ0n) is 14.3. The molecule has 2 aromatic heterocycles. The predicted octanol–water partition coefficient (Wildman–Crippen LogP) is 3.53. The van der Waals surface area contributed by atoms with Crippen molar-refractivity contribution in [2.24, 2.45) is 0 Å². The molecule has 8 heteroatoms. The molecule has 136 valence electrons. The zero-order chi connectivity index (χ0) is 19.0. The minimum atomic E-state index is -0.387. The van der Waals surface area contributed by atoms with Gasteiger partial charge in [0.05, 0.1) is 15.8 Å². The second kappa shape index (κ2) is 6.81. The molecule has 0 aliphatic carbocycles. The standard InChI is InChI=1S/C19H15FN4O2S/c1-2-24-18(26)13-5-3-4-6-14(13)21-19(24)23-22-17(25)16-10-11-9-12(20)7-8-15(11)27-16/h3-10H,2H2,1H3,(H,21,23)(H,22,25). The average molecular weight is 382 g/mol. The summed E-state index contributed by atoms with van der Waals surface area (Å²) >= 11 is 1.26. The molecule has 0 aliphatic heterocycles. The van der Waals surface area contributed by atoms with Crippen LogP contribution in [0.5, 0.6) is 0 Å². The SMILES string of the molecule is CCn1c(NNC(=O)c2cc3cc(F)ccc3s2)nc2ccccc2c1=O. The van der Waals surface area contributed by atoms with Crippen molar-refractivity contribution in [1.82, 2.24) is 15.0 Å². The highest BCUT2D eigenvalue weighted by atomic mass is 32.1. The summed E-state index contributed by atoms with van der Waals surface area (Å²) in [5.74, 6) is -0.485. The van der Waals surface area contributed by atoms with Crippen molar-refractivity contribution in [3.63, 3.8) is 0 Å². The van der Waals surface area contributed by atoms with Crippen LogP contribution in [-0.4, -0.2) is 15.5 Å². The number of benzene rings is 2. The molecule has 0 saturated carbocycles. The maximum atomic E-state index is 13.3. The van der Waals surface area contributed by atoms with Crippen molar-refractivity contribution in [3.8, 4) is 0 Å². The summed E-state index contributed by atoms with van der Waals surface area (Å²) < 4.78 is 15.6. The number of nitrogens with one attached hydrogen (secondary N) is 2. The monoisotopic (exact) mass is 382 g/mol. The molecule has 0 atom stereocenters. The lowest BCUT2D eigenvalue weighted by molar-refractivity contribution is 0.0966. The first kappa shape index (κ1) is 17.2. The Balaban J connectivity index is 1.62. The number of nitrogens with zero attached hydrogens (tertiary/aromatic N) is 2. The number of amides is 1. The summed E-state index contributed by atoms with van der Waals surface area (Å²) in [6.45, 7) is 2.22. The second-order valence-corrected chi connectivity index (χ2v) is 6.96. The number of fused-ring (bicyclic) bond motifs is 2. The van der Waals surface area contributed by atoms with Gasteiger partial charge in [-0.05, 0) is 48.7 Å². The fourth-order valence-electron chi connectivity index (χ4n) is 2.86. The van der Waals surface area contributed by atoms with Gasteiger partial charge >= 0.3 is 0 Å². The van der Waals surface area contributed by atoms with Gasteiger partial charge in [-0.2, -0.15) is 0 Å². The zero-order valence-corrected chi connectivity index (χ0v) is 15.1. The molecular weight excluding hydrogens is 367 g/mol. The quantitative estimate of drug-likeness (QED) is 0.530. The fourth-order valence-corrected chi connectivity index (χ4v) is 3.80. The van der Waals surface area contributed by atoms with Crippen molar-refractivity contribution < 1.29 is 9.18 Å².